The molecule has 0 radical (unpaired) electrons. The first-order chi connectivity index (χ1) is 12.7. The number of carboxylic acids is 1. The van der Waals surface area contributed by atoms with Crippen LogP contribution in [0.25, 0.3) is 0 Å². The molecule has 1 aliphatic rings. The second-order valence-electron chi connectivity index (χ2n) is 6.47. The molecule has 3 rings (SSSR count). The summed E-state index contributed by atoms with van der Waals surface area (Å²) in [4.78, 5) is 11.0. The first-order valence-electron chi connectivity index (χ1n) is 8.08. The van der Waals surface area contributed by atoms with Crippen LogP contribution in [0, 0.1) is 5.82 Å². The maximum absolute atomic E-state index is 13.6. The van der Waals surface area contributed by atoms with Crippen LogP contribution >= 0.6 is 0 Å². The van der Waals surface area contributed by atoms with Gasteiger partial charge in [0.15, 0.2) is 0 Å². The Bertz CT molecular complexity index is 827. The minimum absolute atomic E-state index is 0.0436. The van der Waals surface area contributed by atoms with Crippen molar-refractivity contribution in [1.29, 1.82) is 0 Å². The van der Waals surface area contributed by atoms with E-state index in [1.165, 1.54) is 0 Å². The third kappa shape index (κ3) is 4.21. The smallest absolute Gasteiger partial charge is 0.419 e. The van der Waals surface area contributed by atoms with E-state index in [-0.39, 0.29) is 18.6 Å². The van der Waals surface area contributed by atoms with Crippen molar-refractivity contribution in [2.75, 3.05) is 13.2 Å². The van der Waals surface area contributed by atoms with Crippen molar-refractivity contribution >= 4 is 5.97 Å². The lowest BCUT2D eigenvalue weighted by Gasteiger charge is -2.40. The van der Waals surface area contributed by atoms with E-state index in [9.17, 15) is 22.4 Å². The zero-order chi connectivity index (χ0) is 19.7. The van der Waals surface area contributed by atoms with Crippen LogP contribution in [0.15, 0.2) is 42.5 Å². The molecule has 0 atom stereocenters. The van der Waals surface area contributed by atoms with Crippen molar-refractivity contribution in [3.63, 3.8) is 0 Å². The van der Waals surface area contributed by atoms with Gasteiger partial charge in [0.1, 0.15) is 18.2 Å². The van der Waals surface area contributed by atoms with Crippen LogP contribution in [-0.4, -0.2) is 24.3 Å². The normalized spacial score (nSPS) is 15.9. The van der Waals surface area contributed by atoms with Gasteiger partial charge in [-0.15, -0.1) is 0 Å². The Balaban J connectivity index is 1.66. The van der Waals surface area contributed by atoms with Gasteiger partial charge in [-0.3, -0.25) is 4.79 Å². The van der Waals surface area contributed by atoms with E-state index >= 15 is 0 Å². The molecule has 1 fully saturated rings. The summed E-state index contributed by atoms with van der Waals surface area (Å²) in [5.74, 6) is -1.83. The van der Waals surface area contributed by atoms with E-state index in [0.717, 1.165) is 17.7 Å². The summed E-state index contributed by atoms with van der Waals surface area (Å²) in [6.07, 6.45) is -4.78. The predicted octanol–water partition coefficient (Wildman–Crippen LogP) is 4.17. The van der Waals surface area contributed by atoms with Crippen LogP contribution in [-0.2, 0) is 27.7 Å². The molecule has 1 N–H and O–H groups in total. The summed E-state index contributed by atoms with van der Waals surface area (Å²) >= 11 is 0. The predicted molar refractivity (Wildman–Crippen MR) is 86.9 cm³/mol. The molecule has 27 heavy (non-hydrogen) atoms. The number of rotatable bonds is 6. The summed E-state index contributed by atoms with van der Waals surface area (Å²) in [5.41, 5.74) is -0.800. The lowest BCUT2D eigenvalue weighted by molar-refractivity contribution is -0.145. The molecule has 0 bridgehead atoms. The van der Waals surface area contributed by atoms with Crippen molar-refractivity contribution in [2.24, 2.45) is 0 Å². The largest absolute Gasteiger partial charge is 0.489 e. The average molecular weight is 384 g/mol. The van der Waals surface area contributed by atoms with Crippen LogP contribution in [0.2, 0.25) is 0 Å². The second-order valence-corrected chi connectivity index (χ2v) is 6.47. The minimum atomic E-state index is -4.74. The molecule has 0 saturated carbocycles. The van der Waals surface area contributed by atoms with E-state index in [2.05, 4.69) is 0 Å². The highest BCUT2D eigenvalue weighted by Gasteiger charge is 2.42. The highest BCUT2D eigenvalue weighted by atomic mass is 19.4. The average Bonchev–Trinajstić information content (AvgIpc) is 2.55. The van der Waals surface area contributed by atoms with E-state index in [1.54, 1.807) is 24.3 Å². The highest BCUT2D eigenvalue weighted by Crippen LogP contribution is 2.36. The third-order valence-corrected chi connectivity index (χ3v) is 4.46. The zero-order valence-corrected chi connectivity index (χ0v) is 14.1. The van der Waals surface area contributed by atoms with E-state index in [0.29, 0.717) is 25.0 Å². The molecule has 1 aliphatic heterocycles. The molecule has 0 amide bonds. The van der Waals surface area contributed by atoms with Crippen LogP contribution in [0.5, 0.6) is 5.75 Å². The fourth-order valence-electron chi connectivity index (χ4n) is 2.96. The molecular formula is C19H16F4O4. The number of carboxylic acid groups (broad SMARTS) is 1. The number of alkyl halides is 3. The van der Waals surface area contributed by atoms with Gasteiger partial charge in [0.05, 0.1) is 30.6 Å². The van der Waals surface area contributed by atoms with Crippen molar-refractivity contribution < 1.29 is 36.9 Å². The number of carbonyl (C=O) groups is 1. The highest BCUT2D eigenvalue weighted by molar-refractivity contribution is 5.69. The van der Waals surface area contributed by atoms with Crippen LogP contribution in [0.3, 0.4) is 0 Å². The molecule has 0 aliphatic carbocycles. The molecule has 8 heteroatoms. The molecule has 2 aromatic carbocycles. The van der Waals surface area contributed by atoms with Gasteiger partial charge in [-0.2, -0.15) is 13.2 Å². The Kier molecular flexibility index (Phi) is 5.10. The Morgan fingerprint density at radius 1 is 1.15 bits per heavy atom. The Morgan fingerprint density at radius 2 is 1.81 bits per heavy atom. The zero-order valence-electron chi connectivity index (χ0n) is 14.1. The molecule has 0 aromatic heterocycles. The van der Waals surface area contributed by atoms with Gasteiger partial charge in [0.25, 0.3) is 0 Å². The van der Waals surface area contributed by atoms with Gasteiger partial charge >= 0.3 is 12.1 Å². The van der Waals surface area contributed by atoms with E-state index < -0.39 is 28.9 Å². The molecular weight excluding hydrogens is 368 g/mol. The summed E-state index contributed by atoms with van der Waals surface area (Å²) in [6.45, 7) is 0.548. The Labute approximate surface area is 152 Å². The molecule has 144 valence electrons. The van der Waals surface area contributed by atoms with Crippen LogP contribution < -0.4 is 4.74 Å². The number of aliphatic carboxylic acids is 1. The molecule has 2 aromatic rings. The summed E-state index contributed by atoms with van der Waals surface area (Å²) in [6, 6.07) is 9.37. The van der Waals surface area contributed by atoms with Crippen molar-refractivity contribution in [3.05, 3.63) is 65.0 Å². The maximum atomic E-state index is 13.6. The number of benzene rings is 2. The summed E-state index contributed by atoms with van der Waals surface area (Å²) in [7, 11) is 0. The number of hydrogen-bond donors (Lipinski definition) is 1. The number of halogens is 4. The third-order valence-electron chi connectivity index (χ3n) is 4.46. The van der Waals surface area contributed by atoms with Gasteiger partial charge in [0, 0.05) is 0 Å². The first-order valence-corrected chi connectivity index (χ1v) is 8.08. The van der Waals surface area contributed by atoms with E-state index in [4.69, 9.17) is 14.6 Å². The standard InChI is InChI=1S/C19H16F4O4/c20-16-7-12(1-6-15(16)19(21,22)23)9-27-14-4-2-13(3-5-14)18(8-17(24)25)10-26-11-18/h1-7H,8-11H2,(H,24,25). The lowest BCUT2D eigenvalue weighted by atomic mass is 9.76. The summed E-state index contributed by atoms with van der Waals surface area (Å²) < 4.78 is 61.9. The lowest BCUT2D eigenvalue weighted by Crippen LogP contribution is -2.48. The van der Waals surface area contributed by atoms with Gasteiger partial charge in [-0.25, -0.2) is 4.39 Å². The van der Waals surface area contributed by atoms with Gasteiger partial charge in [-0.05, 0) is 35.4 Å². The monoisotopic (exact) mass is 384 g/mol. The fraction of sp³-hybridized carbons (Fsp3) is 0.316. The van der Waals surface area contributed by atoms with E-state index in [1.807, 2.05) is 0 Å². The van der Waals surface area contributed by atoms with Gasteiger partial charge in [0.2, 0.25) is 0 Å². The Hall–Kier alpha value is -2.61. The first kappa shape index (κ1) is 19.2. The molecule has 4 nitrogen and oxygen atoms in total. The second kappa shape index (κ2) is 7.19. The van der Waals surface area contributed by atoms with Crippen LogP contribution in [0.4, 0.5) is 17.6 Å². The topological polar surface area (TPSA) is 55.8 Å². The van der Waals surface area contributed by atoms with Crippen molar-refractivity contribution in [3.8, 4) is 5.75 Å². The SMILES string of the molecule is O=C(O)CC1(c2ccc(OCc3ccc(C(F)(F)F)c(F)c3)cc2)COC1. The van der Waals surface area contributed by atoms with Gasteiger partial charge in [-0.1, -0.05) is 18.2 Å². The number of ether oxygens (including phenoxy) is 2. The quantitative estimate of drug-likeness (QED) is 0.760. The minimum Gasteiger partial charge on any atom is -0.489 e. The summed E-state index contributed by atoms with van der Waals surface area (Å²) in [5, 5.41) is 9.05. The molecule has 0 unspecified atom stereocenters. The molecule has 1 heterocycles. The van der Waals surface area contributed by atoms with Crippen molar-refractivity contribution in [2.45, 2.75) is 24.6 Å². The number of hydrogen-bond acceptors (Lipinski definition) is 3. The van der Waals surface area contributed by atoms with Gasteiger partial charge < -0.3 is 14.6 Å². The van der Waals surface area contributed by atoms with Crippen LogP contribution in [0.1, 0.15) is 23.1 Å². The fourth-order valence-corrected chi connectivity index (χ4v) is 2.96. The molecule has 0 spiro atoms. The van der Waals surface area contributed by atoms with Crippen molar-refractivity contribution in [1.82, 2.24) is 0 Å². The molecule has 1 saturated heterocycles. The Morgan fingerprint density at radius 3 is 2.30 bits per heavy atom. The maximum Gasteiger partial charge on any atom is 0.419 e.